The summed E-state index contributed by atoms with van der Waals surface area (Å²) in [5.41, 5.74) is 5.75. The first kappa shape index (κ1) is 15.8. The van der Waals surface area contributed by atoms with Gasteiger partial charge in [0, 0.05) is 25.0 Å². The monoisotopic (exact) mass is 281 g/mol. The Labute approximate surface area is 123 Å². The number of hydrogen-bond donors (Lipinski definition) is 2. The van der Waals surface area contributed by atoms with E-state index in [9.17, 15) is 4.79 Å². The zero-order valence-electron chi connectivity index (χ0n) is 12.9. The van der Waals surface area contributed by atoms with Crippen molar-refractivity contribution in [2.75, 3.05) is 26.7 Å². The number of nitrogens with zero attached hydrogens (tertiary/aromatic N) is 1. The summed E-state index contributed by atoms with van der Waals surface area (Å²) in [5, 5.41) is 3.12. The third-order valence-electron chi connectivity index (χ3n) is 5.26. The lowest BCUT2D eigenvalue weighted by molar-refractivity contribution is -0.126. The van der Waals surface area contributed by atoms with Gasteiger partial charge in [0.15, 0.2) is 0 Å². The first-order chi connectivity index (χ1) is 9.72. The second-order valence-electron chi connectivity index (χ2n) is 6.60. The number of likely N-dealkylation sites (N-methyl/N-ethyl adjacent to an activating group) is 1. The normalized spacial score (nSPS) is 27.9. The van der Waals surface area contributed by atoms with E-state index in [1.807, 2.05) is 0 Å². The van der Waals surface area contributed by atoms with Gasteiger partial charge in [-0.25, -0.2) is 0 Å². The molecule has 1 amide bonds. The second-order valence-corrected chi connectivity index (χ2v) is 6.60. The summed E-state index contributed by atoms with van der Waals surface area (Å²) in [6.07, 6.45) is 10.1. The van der Waals surface area contributed by atoms with E-state index in [4.69, 9.17) is 5.73 Å². The van der Waals surface area contributed by atoms with Crippen molar-refractivity contribution in [3.63, 3.8) is 0 Å². The highest BCUT2D eigenvalue weighted by molar-refractivity contribution is 5.79. The van der Waals surface area contributed by atoms with Gasteiger partial charge in [0.1, 0.15) is 0 Å². The molecule has 2 rings (SSSR count). The van der Waals surface area contributed by atoms with E-state index < -0.39 is 0 Å². The Morgan fingerprint density at radius 3 is 2.60 bits per heavy atom. The van der Waals surface area contributed by atoms with Crippen LogP contribution >= 0.6 is 0 Å². The van der Waals surface area contributed by atoms with Crippen LogP contribution in [0.4, 0.5) is 0 Å². The highest BCUT2D eigenvalue weighted by Gasteiger charge is 2.31. The summed E-state index contributed by atoms with van der Waals surface area (Å²) in [4.78, 5) is 14.6. The van der Waals surface area contributed by atoms with Gasteiger partial charge >= 0.3 is 0 Å². The molecule has 0 heterocycles. The smallest absolute Gasteiger partial charge is 0.223 e. The molecule has 2 aliphatic rings. The van der Waals surface area contributed by atoms with Crippen LogP contribution in [0.3, 0.4) is 0 Å². The molecule has 2 atom stereocenters. The van der Waals surface area contributed by atoms with E-state index >= 15 is 0 Å². The van der Waals surface area contributed by atoms with Crippen molar-refractivity contribution in [3.8, 4) is 0 Å². The fraction of sp³-hybridized carbons (Fsp3) is 0.938. The van der Waals surface area contributed by atoms with Crippen molar-refractivity contribution in [2.24, 2.45) is 17.6 Å². The van der Waals surface area contributed by atoms with E-state index in [1.54, 1.807) is 0 Å². The summed E-state index contributed by atoms with van der Waals surface area (Å²) in [7, 11) is 2.19. The fourth-order valence-electron chi connectivity index (χ4n) is 3.86. The lowest BCUT2D eigenvalue weighted by Gasteiger charge is -2.31. The highest BCUT2D eigenvalue weighted by Crippen LogP contribution is 2.30. The van der Waals surface area contributed by atoms with Crippen molar-refractivity contribution < 1.29 is 4.79 Å². The summed E-state index contributed by atoms with van der Waals surface area (Å²) in [6, 6.07) is 0.726. The molecule has 0 aromatic heterocycles. The predicted octanol–water partition coefficient (Wildman–Crippen LogP) is 1.74. The van der Waals surface area contributed by atoms with Crippen LogP contribution < -0.4 is 11.1 Å². The molecule has 0 unspecified atom stereocenters. The molecule has 0 spiro atoms. The Morgan fingerprint density at radius 2 is 1.90 bits per heavy atom. The number of carbonyl (C=O) groups is 1. The zero-order valence-corrected chi connectivity index (χ0v) is 12.9. The topological polar surface area (TPSA) is 58.4 Å². The molecule has 3 N–H and O–H groups in total. The average molecular weight is 281 g/mol. The summed E-state index contributed by atoms with van der Waals surface area (Å²) in [5.74, 6) is 0.807. The molecule has 2 fully saturated rings. The third kappa shape index (κ3) is 4.19. The van der Waals surface area contributed by atoms with Crippen molar-refractivity contribution >= 4 is 5.91 Å². The fourth-order valence-corrected chi connectivity index (χ4v) is 3.86. The van der Waals surface area contributed by atoms with Crippen LogP contribution in [-0.4, -0.2) is 43.5 Å². The maximum atomic E-state index is 12.2. The minimum atomic E-state index is 0.167. The Morgan fingerprint density at radius 1 is 1.15 bits per heavy atom. The number of carbonyl (C=O) groups excluding carboxylic acids is 1. The van der Waals surface area contributed by atoms with Gasteiger partial charge in [0.05, 0.1) is 0 Å². The molecule has 2 saturated carbocycles. The van der Waals surface area contributed by atoms with Crippen molar-refractivity contribution in [1.29, 1.82) is 0 Å². The van der Waals surface area contributed by atoms with Crippen LogP contribution in [0.5, 0.6) is 0 Å². The Hall–Kier alpha value is -0.610. The minimum absolute atomic E-state index is 0.167. The molecule has 116 valence electrons. The van der Waals surface area contributed by atoms with Gasteiger partial charge in [-0.1, -0.05) is 25.7 Å². The molecule has 2 aliphatic carbocycles. The summed E-state index contributed by atoms with van der Waals surface area (Å²) < 4.78 is 0. The lowest BCUT2D eigenvalue weighted by Crippen LogP contribution is -2.42. The Kier molecular flexibility index (Phi) is 6.30. The zero-order chi connectivity index (χ0) is 14.4. The van der Waals surface area contributed by atoms with Crippen LogP contribution in [0, 0.1) is 11.8 Å². The molecular weight excluding hydrogens is 250 g/mol. The van der Waals surface area contributed by atoms with Gasteiger partial charge in [-0.2, -0.15) is 0 Å². The number of hydrogen-bond acceptors (Lipinski definition) is 3. The van der Waals surface area contributed by atoms with Crippen LogP contribution in [0.1, 0.15) is 51.4 Å². The van der Waals surface area contributed by atoms with Crippen molar-refractivity contribution in [3.05, 3.63) is 0 Å². The quantitative estimate of drug-likeness (QED) is 0.780. The van der Waals surface area contributed by atoms with Crippen molar-refractivity contribution in [2.45, 2.75) is 57.4 Å². The molecule has 4 nitrogen and oxygen atoms in total. The van der Waals surface area contributed by atoms with Crippen LogP contribution in [-0.2, 0) is 4.79 Å². The maximum Gasteiger partial charge on any atom is 0.223 e. The van der Waals surface area contributed by atoms with E-state index in [2.05, 4.69) is 17.3 Å². The first-order valence-corrected chi connectivity index (χ1v) is 8.40. The van der Waals surface area contributed by atoms with E-state index in [-0.39, 0.29) is 11.8 Å². The first-order valence-electron chi connectivity index (χ1n) is 8.40. The highest BCUT2D eigenvalue weighted by atomic mass is 16.1. The minimum Gasteiger partial charge on any atom is -0.355 e. The number of nitrogens with one attached hydrogen (secondary N) is 1. The summed E-state index contributed by atoms with van der Waals surface area (Å²) >= 11 is 0. The third-order valence-corrected chi connectivity index (χ3v) is 5.26. The van der Waals surface area contributed by atoms with E-state index in [0.29, 0.717) is 12.5 Å². The van der Waals surface area contributed by atoms with Gasteiger partial charge in [0.2, 0.25) is 5.91 Å². The van der Waals surface area contributed by atoms with Gasteiger partial charge in [-0.3, -0.25) is 4.79 Å². The molecule has 0 bridgehead atoms. The summed E-state index contributed by atoms with van der Waals surface area (Å²) in [6.45, 7) is 2.40. The predicted molar refractivity (Wildman–Crippen MR) is 82.4 cm³/mol. The number of amides is 1. The average Bonchev–Trinajstić information content (AvgIpc) is 2.96. The van der Waals surface area contributed by atoms with Crippen LogP contribution in [0.15, 0.2) is 0 Å². The van der Waals surface area contributed by atoms with Gasteiger partial charge in [-0.05, 0) is 45.2 Å². The molecule has 20 heavy (non-hydrogen) atoms. The molecule has 0 radical (unpaired) electrons. The number of rotatable bonds is 6. The van der Waals surface area contributed by atoms with Crippen LogP contribution in [0.2, 0.25) is 0 Å². The largest absolute Gasteiger partial charge is 0.355 e. The Balaban J connectivity index is 1.65. The maximum absolute atomic E-state index is 12.2. The molecule has 0 aliphatic heterocycles. The lowest BCUT2D eigenvalue weighted by atomic mass is 9.94. The Bertz CT molecular complexity index is 302. The molecular formula is C16H31N3O. The SMILES string of the molecule is CN(CCNC(=O)[C@@H]1CCC[C@@H]1CN)C1CCCCC1. The second kappa shape index (κ2) is 7.99. The molecule has 0 aromatic carbocycles. The van der Waals surface area contributed by atoms with E-state index in [1.165, 1.54) is 32.1 Å². The molecule has 0 aromatic rings. The number of nitrogens with two attached hydrogens (primary N) is 1. The van der Waals surface area contributed by atoms with Crippen LogP contribution in [0.25, 0.3) is 0 Å². The van der Waals surface area contributed by atoms with Gasteiger partial charge in [0.25, 0.3) is 0 Å². The van der Waals surface area contributed by atoms with Crippen molar-refractivity contribution in [1.82, 2.24) is 10.2 Å². The molecule has 0 saturated heterocycles. The van der Waals surface area contributed by atoms with Gasteiger partial charge in [-0.15, -0.1) is 0 Å². The van der Waals surface area contributed by atoms with E-state index in [0.717, 1.165) is 38.4 Å². The standard InChI is InChI=1S/C16H31N3O/c1-19(14-7-3-2-4-8-14)11-10-18-16(20)15-9-5-6-13(15)12-17/h13-15H,2-12,17H2,1H3,(H,18,20)/t13-,15-/m1/s1. The molecule has 4 heteroatoms. The van der Waals surface area contributed by atoms with Gasteiger partial charge < -0.3 is 16.0 Å².